The van der Waals surface area contributed by atoms with E-state index in [9.17, 15) is 5.26 Å². The average Bonchev–Trinajstić information content (AvgIpc) is 3.66. The van der Waals surface area contributed by atoms with Gasteiger partial charge in [0.2, 0.25) is 0 Å². The zero-order chi connectivity index (χ0) is 32.8. The summed E-state index contributed by atoms with van der Waals surface area (Å²) in [5, 5.41) is 10.0. The second kappa shape index (κ2) is 10.1. The molecule has 1 saturated heterocycles. The number of nitriles is 1. The molecule has 4 nitrogen and oxygen atoms in total. The molecule has 5 aromatic carbocycles. The summed E-state index contributed by atoms with van der Waals surface area (Å²) in [5.41, 5.74) is 14.2. The maximum Gasteiger partial charge on any atom is 0.494 e. The van der Waals surface area contributed by atoms with E-state index in [2.05, 4.69) is 142 Å². The van der Waals surface area contributed by atoms with Gasteiger partial charge < -0.3 is 9.31 Å². The Morgan fingerprint density at radius 3 is 1.77 bits per heavy atom. The lowest BCUT2D eigenvalue weighted by Gasteiger charge is -2.32. The van der Waals surface area contributed by atoms with Crippen molar-refractivity contribution in [3.05, 3.63) is 155 Å². The van der Waals surface area contributed by atoms with Gasteiger partial charge in [0.05, 0.1) is 28.2 Å². The van der Waals surface area contributed by atoms with E-state index in [-0.39, 0.29) is 0 Å². The van der Waals surface area contributed by atoms with Crippen molar-refractivity contribution in [3.63, 3.8) is 0 Å². The maximum atomic E-state index is 10.0. The van der Waals surface area contributed by atoms with Crippen LogP contribution in [0.2, 0.25) is 0 Å². The van der Waals surface area contributed by atoms with Crippen LogP contribution in [0.15, 0.2) is 128 Å². The summed E-state index contributed by atoms with van der Waals surface area (Å²) in [6.45, 7) is 8.36. The van der Waals surface area contributed by atoms with Crippen LogP contribution < -0.4 is 5.46 Å². The first-order valence-electron chi connectivity index (χ1n) is 16.5. The van der Waals surface area contributed by atoms with Gasteiger partial charge in [-0.2, -0.15) is 5.26 Å². The van der Waals surface area contributed by atoms with Crippen LogP contribution >= 0.6 is 0 Å². The fourth-order valence-corrected chi connectivity index (χ4v) is 8.02. The number of benzene rings is 5. The second-order valence-electron chi connectivity index (χ2n) is 14.1. The van der Waals surface area contributed by atoms with Crippen molar-refractivity contribution in [3.8, 4) is 50.6 Å². The van der Waals surface area contributed by atoms with Crippen molar-refractivity contribution >= 4 is 12.6 Å². The molecule has 0 N–H and O–H groups in total. The van der Waals surface area contributed by atoms with Gasteiger partial charge in [-0.25, -0.2) is 0 Å². The number of hydrogen-bond donors (Lipinski definition) is 0. The van der Waals surface area contributed by atoms with Gasteiger partial charge in [-0.05, 0) is 130 Å². The van der Waals surface area contributed by atoms with Crippen molar-refractivity contribution in [1.29, 1.82) is 5.26 Å². The molecule has 0 bridgehead atoms. The van der Waals surface area contributed by atoms with E-state index in [0.717, 1.165) is 33.3 Å². The third-order valence-corrected chi connectivity index (χ3v) is 11.0. The average molecular weight is 621 g/mol. The second-order valence-corrected chi connectivity index (χ2v) is 14.1. The van der Waals surface area contributed by atoms with Crippen LogP contribution in [0, 0.1) is 11.3 Å². The molecule has 1 fully saturated rings. The first-order chi connectivity index (χ1) is 23.2. The van der Waals surface area contributed by atoms with Gasteiger partial charge in [0.1, 0.15) is 0 Å². The third kappa shape index (κ3) is 3.94. The lowest BCUT2D eigenvalue weighted by molar-refractivity contribution is 0.00578. The quantitative estimate of drug-likeness (QED) is 0.185. The Labute approximate surface area is 281 Å². The Kier molecular flexibility index (Phi) is 6.09. The van der Waals surface area contributed by atoms with Gasteiger partial charge in [0.25, 0.3) is 0 Å². The molecule has 230 valence electrons. The summed E-state index contributed by atoms with van der Waals surface area (Å²) >= 11 is 0. The maximum absolute atomic E-state index is 10.0. The van der Waals surface area contributed by atoms with E-state index in [0.29, 0.717) is 5.56 Å². The zero-order valence-electron chi connectivity index (χ0n) is 27.4. The summed E-state index contributed by atoms with van der Waals surface area (Å²) in [6, 6.07) is 43.6. The number of aromatic nitrogens is 1. The summed E-state index contributed by atoms with van der Waals surface area (Å²) in [6.07, 6.45) is 3.70. The Morgan fingerprint density at radius 2 is 1.15 bits per heavy atom. The largest absolute Gasteiger partial charge is 0.494 e. The molecule has 2 aliphatic carbocycles. The van der Waals surface area contributed by atoms with E-state index >= 15 is 0 Å². The highest BCUT2D eigenvalue weighted by atomic mass is 16.7. The fraction of sp³-hybridized carbons (Fsp3) is 0.163. The molecule has 0 atom stereocenters. The fourth-order valence-electron chi connectivity index (χ4n) is 8.02. The van der Waals surface area contributed by atoms with Gasteiger partial charge >= 0.3 is 7.12 Å². The van der Waals surface area contributed by atoms with Gasteiger partial charge in [0, 0.05) is 12.4 Å². The highest BCUT2D eigenvalue weighted by Crippen LogP contribution is 2.63. The first-order valence-corrected chi connectivity index (χ1v) is 16.5. The predicted molar refractivity (Wildman–Crippen MR) is 192 cm³/mol. The number of hydrogen-bond acceptors (Lipinski definition) is 4. The molecule has 0 unspecified atom stereocenters. The number of nitrogens with zero attached hydrogens (tertiary/aromatic N) is 2. The minimum atomic E-state index is -0.545. The van der Waals surface area contributed by atoms with Crippen LogP contribution in [0.4, 0.5) is 0 Å². The lowest BCUT2D eigenvalue weighted by atomic mass is 9.70. The van der Waals surface area contributed by atoms with Crippen molar-refractivity contribution < 1.29 is 9.31 Å². The van der Waals surface area contributed by atoms with E-state index in [4.69, 9.17) is 9.31 Å². The van der Waals surface area contributed by atoms with Crippen molar-refractivity contribution in [1.82, 2.24) is 4.98 Å². The van der Waals surface area contributed by atoms with Crippen LogP contribution in [-0.2, 0) is 14.7 Å². The van der Waals surface area contributed by atoms with E-state index < -0.39 is 23.7 Å². The Bertz CT molecular complexity index is 2270. The lowest BCUT2D eigenvalue weighted by Crippen LogP contribution is -2.41. The van der Waals surface area contributed by atoms with Crippen LogP contribution in [-0.4, -0.2) is 23.3 Å². The molecule has 0 amide bonds. The van der Waals surface area contributed by atoms with Crippen LogP contribution in [0.3, 0.4) is 0 Å². The van der Waals surface area contributed by atoms with E-state index in [1.807, 2.05) is 18.3 Å². The molecule has 48 heavy (non-hydrogen) atoms. The van der Waals surface area contributed by atoms with Gasteiger partial charge in [-0.1, -0.05) is 84.9 Å². The highest BCUT2D eigenvalue weighted by molar-refractivity contribution is 6.62. The molecule has 1 spiro atoms. The summed E-state index contributed by atoms with van der Waals surface area (Å²) in [4.78, 5) is 4.43. The SMILES string of the molecule is CC1(C)OB(c2cc(-c3cccnc3)cc(-c3ccc4c(c3)C3(c5ccccc5-c5ccccc53)c3cc(C#N)ccc3-4)c2)OC1(C)C. The Balaban J connectivity index is 1.29. The highest BCUT2D eigenvalue weighted by Gasteiger charge is 2.53. The minimum absolute atomic E-state index is 0.459. The summed E-state index contributed by atoms with van der Waals surface area (Å²) in [5.74, 6) is 0. The minimum Gasteiger partial charge on any atom is -0.399 e. The molecular formula is C43H33BN2O2. The zero-order valence-corrected chi connectivity index (χ0v) is 27.4. The number of pyridine rings is 1. The van der Waals surface area contributed by atoms with Crippen LogP contribution in [0.5, 0.6) is 0 Å². The molecule has 5 heteroatoms. The molecule has 3 aliphatic rings. The third-order valence-electron chi connectivity index (χ3n) is 11.0. The molecule has 9 rings (SSSR count). The molecule has 1 aromatic heterocycles. The predicted octanol–water partition coefficient (Wildman–Crippen LogP) is 8.93. The molecule has 1 aliphatic heterocycles. The van der Waals surface area contributed by atoms with Crippen molar-refractivity contribution in [2.24, 2.45) is 0 Å². The van der Waals surface area contributed by atoms with Crippen molar-refractivity contribution in [2.45, 2.75) is 44.3 Å². The van der Waals surface area contributed by atoms with Gasteiger partial charge in [-0.3, -0.25) is 4.98 Å². The van der Waals surface area contributed by atoms with E-state index in [1.54, 1.807) is 6.20 Å². The topological polar surface area (TPSA) is 55.1 Å². The van der Waals surface area contributed by atoms with Crippen LogP contribution in [0.25, 0.3) is 44.5 Å². The molecule has 2 heterocycles. The van der Waals surface area contributed by atoms with Crippen molar-refractivity contribution in [2.75, 3.05) is 0 Å². The normalized spacial score (nSPS) is 17.0. The summed E-state index contributed by atoms with van der Waals surface area (Å²) < 4.78 is 13.1. The monoisotopic (exact) mass is 620 g/mol. The summed E-state index contributed by atoms with van der Waals surface area (Å²) in [7, 11) is -0.506. The Hall–Kier alpha value is -5.28. The first kappa shape index (κ1) is 28.9. The van der Waals surface area contributed by atoms with E-state index in [1.165, 1.54) is 38.9 Å². The molecule has 6 aromatic rings. The molecule has 0 radical (unpaired) electrons. The molecule has 0 saturated carbocycles. The molecular weight excluding hydrogens is 587 g/mol. The smallest absolute Gasteiger partial charge is 0.399 e. The number of fused-ring (bicyclic) bond motifs is 10. The number of rotatable bonds is 3. The van der Waals surface area contributed by atoms with Gasteiger partial charge in [-0.15, -0.1) is 0 Å². The standard InChI is InChI=1S/C43H33BN2O2/c1-41(2)42(3,4)48-44(47-41)32-22-30(21-31(23-32)29-10-9-19-46-26-29)28-16-18-36-35-17-15-27(25-45)20-39(35)43(40(36)24-28)37-13-7-5-11-33(37)34-12-6-8-14-38(34)43/h5-24,26H,1-4H3. The Morgan fingerprint density at radius 1 is 0.562 bits per heavy atom. The van der Waals surface area contributed by atoms with Gasteiger partial charge in [0.15, 0.2) is 0 Å². The van der Waals surface area contributed by atoms with Crippen LogP contribution in [0.1, 0.15) is 55.5 Å².